The molecule has 2 aliphatic rings. The molecule has 0 saturated heterocycles. The minimum Gasteiger partial charge on any atom is -0.497 e. The van der Waals surface area contributed by atoms with Gasteiger partial charge in [-0.3, -0.25) is 14.5 Å². The van der Waals surface area contributed by atoms with Crippen molar-refractivity contribution in [3.63, 3.8) is 0 Å². The average molecular weight is 507 g/mol. The Bertz CT molecular complexity index is 1210. The van der Waals surface area contributed by atoms with Gasteiger partial charge in [-0.05, 0) is 54.1 Å². The summed E-state index contributed by atoms with van der Waals surface area (Å²) in [6.07, 6.45) is 5.46. The third-order valence-electron chi connectivity index (χ3n) is 6.68. The van der Waals surface area contributed by atoms with Gasteiger partial charge in [0.1, 0.15) is 11.8 Å². The molecule has 1 fully saturated rings. The minimum atomic E-state index is -0.880. The number of benzene rings is 2. The lowest BCUT2D eigenvalue weighted by Crippen LogP contribution is -2.47. The van der Waals surface area contributed by atoms with E-state index < -0.39 is 6.04 Å². The Morgan fingerprint density at radius 1 is 1.06 bits per heavy atom. The number of hydrogen-bond donors (Lipinski definition) is 1. The van der Waals surface area contributed by atoms with Crippen molar-refractivity contribution in [3.05, 3.63) is 70.4 Å². The molecule has 36 heavy (non-hydrogen) atoms. The summed E-state index contributed by atoms with van der Waals surface area (Å²) in [5.74, 6) is 1.42. The zero-order valence-electron chi connectivity index (χ0n) is 20.3. The van der Waals surface area contributed by atoms with Gasteiger partial charge in [0.2, 0.25) is 18.6 Å². The molecule has 0 bridgehead atoms. The second-order valence-electron chi connectivity index (χ2n) is 9.08. The van der Waals surface area contributed by atoms with Crippen LogP contribution >= 0.6 is 11.3 Å². The van der Waals surface area contributed by atoms with Crippen LogP contribution in [0, 0.1) is 0 Å². The Labute approximate surface area is 215 Å². The molecule has 1 atom stereocenters. The number of ether oxygens (including phenoxy) is 3. The van der Waals surface area contributed by atoms with Crippen molar-refractivity contribution < 1.29 is 23.8 Å². The zero-order chi connectivity index (χ0) is 24.9. The van der Waals surface area contributed by atoms with E-state index in [4.69, 9.17) is 14.2 Å². The highest BCUT2D eigenvalue weighted by Crippen LogP contribution is 2.39. The van der Waals surface area contributed by atoms with Crippen LogP contribution in [0.5, 0.6) is 17.2 Å². The first-order valence-electron chi connectivity index (χ1n) is 12.3. The first-order chi connectivity index (χ1) is 17.6. The third kappa shape index (κ3) is 5.33. The molecule has 1 unspecified atom stereocenters. The van der Waals surface area contributed by atoms with Gasteiger partial charge in [-0.2, -0.15) is 0 Å². The average Bonchev–Trinajstić information content (AvgIpc) is 3.59. The Morgan fingerprint density at radius 2 is 1.89 bits per heavy atom. The molecule has 1 aromatic heterocycles. The van der Waals surface area contributed by atoms with Crippen LogP contribution < -0.4 is 24.4 Å². The molecule has 3 aromatic rings. The summed E-state index contributed by atoms with van der Waals surface area (Å²) >= 11 is 1.52. The summed E-state index contributed by atoms with van der Waals surface area (Å²) in [6.45, 7) is 0.128. The van der Waals surface area contributed by atoms with E-state index in [1.165, 1.54) is 17.8 Å². The standard InChI is InChI=1S/C28H30N2O5S/c1-33-22-10-5-7-19(15-22)27(28(32)29-20-8-3-2-4-9-20)30(26(31)17-23-11-6-14-36-23)21-12-13-24-25(16-21)35-18-34-24/h5-7,10-16,20,27H,2-4,8-9,17-18H2,1H3,(H,29,32). The van der Waals surface area contributed by atoms with E-state index in [1.54, 1.807) is 30.2 Å². The Morgan fingerprint density at radius 3 is 2.67 bits per heavy atom. The van der Waals surface area contributed by atoms with Crippen molar-refractivity contribution in [2.45, 2.75) is 50.6 Å². The molecule has 0 spiro atoms. The molecule has 1 saturated carbocycles. The van der Waals surface area contributed by atoms with E-state index in [0.717, 1.165) is 30.6 Å². The fourth-order valence-electron chi connectivity index (χ4n) is 4.88. The first kappa shape index (κ1) is 24.2. The van der Waals surface area contributed by atoms with Gasteiger partial charge in [0.25, 0.3) is 0 Å². The third-order valence-corrected chi connectivity index (χ3v) is 7.55. The smallest absolute Gasteiger partial charge is 0.248 e. The predicted octanol–water partition coefficient (Wildman–Crippen LogP) is 5.25. The molecular formula is C28H30N2O5S. The molecule has 1 aliphatic heterocycles. The zero-order valence-corrected chi connectivity index (χ0v) is 21.1. The summed E-state index contributed by atoms with van der Waals surface area (Å²) in [7, 11) is 1.59. The maximum absolute atomic E-state index is 14.0. The van der Waals surface area contributed by atoms with E-state index in [0.29, 0.717) is 28.5 Å². The van der Waals surface area contributed by atoms with Crippen LogP contribution in [0.25, 0.3) is 0 Å². The number of amides is 2. The highest BCUT2D eigenvalue weighted by Gasteiger charge is 2.35. The molecular weight excluding hydrogens is 476 g/mol. The van der Waals surface area contributed by atoms with Crippen molar-refractivity contribution in [2.24, 2.45) is 0 Å². The van der Waals surface area contributed by atoms with Crippen LogP contribution in [-0.4, -0.2) is 31.8 Å². The van der Waals surface area contributed by atoms with Crippen LogP contribution in [-0.2, 0) is 16.0 Å². The van der Waals surface area contributed by atoms with Gasteiger partial charge in [0.05, 0.1) is 13.5 Å². The van der Waals surface area contributed by atoms with Gasteiger partial charge in [-0.1, -0.05) is 37.5 Å². The molecule has 2 heterocycles. The van der Waals surface area contributed by atoms with Gasteiger partial charge >= 0.3 is 0 Å². The van der Waals surface area contributed by atoms with Gasteiger partial charge < -0.3 is 19.5 Å². The first-order valence-corrected chi connectivity index (χ1v) is 13.2. The second kappa shape index (κ2) is 11.0. The van der Waals surface area contributed by atoms with Crippen molar-refractivity contribution in [1.29, 1.82) is 0 Å². The molecule has 8 heteroatoms. The number of carbonyl (C=O) groups is 2. The van der Waals surface area contributed by atoms with E-state index in [1.807, 2.05) is 41.8 Å². The molecule has 1 aliphatic carbocycles. The maximum atomic E-state index is 14.0. The number of rotatable bonds is 8. The minimum absolute atomic E-state index is 0.102. The molecule has 2 amide bonds. The van der Waals surface area contributed by atoms with Crippen molar-refractivity contribution in [2.75, 3.05) is 18.8 Å². The van der Waals surface area contributed by atoms with Crippen molar-refractivity contribution >= 4 is 28.8 Å². The molecule has 1 N–H and O–H groups in total. The van der Waals surface area contributed by atoms with Gasteiger partial charge in [0.15, 0.2) is 11.5 Å². The largest absolute Gasteiger partial charge is 0.497 e. The fourth-order valence-corrected chi connectivity index (χ4v) is 5.57. The molecule has 188 valence electrons. The van der Waals surface area contributed by atoms with Crippen LogP contribution in [0.15, 0.2) is 60.0 Å². The summed E-state index contributed by atoms with van der Waals surface area (Å²) < 4.78 is 16.5. The number of methoxy groups -OCH3 is 1. The predicted molar refractivity (Wildman–Crippen MR) is 139 cm³/mol. The van der Waals surface area contributed by atoms with E-state index >= 15 is 0 Å². The van der Waals surface area contributed by atoms with Crippen LogP contribution in [0.2, 0.25) is 0 Å². The van der Waals surface area contributed by atoms with Crippen LogP contribution in [0.3, 0.4) is 0 Å². The summed E-state index contributed by atoms with van der Waals surface area (Å²) in [4.78, 5) is 30.4. The lowest BCUT2D eigenvalue weighted by Gasteiger charge is -2.33. The number of thiophene rings is 1. The van der Waals surface area contributed by atoms with E-state index in [-0.39, 0.29) is 31.1 Å². The second-order valence-corrected chi connectivity index (χ2v) is 10.1. The quantitative estimate of drug-likeness (QED) is 0.452. The van der Waals surface area contributed by atoms with Gasteiger partial charge in [0, 0.05) is 22.7 Å². The number of carbonyl (C=O) groups excluding carboxylic acids is 2. The number of nitrogens with zero attached hydrogens (tertiary/aromatic N) is 1. The highest BCUT2D eigenvalue weighted by atomic mass is 32.1. The summed E-state index contributed by atoms with van der Waals surface area (Å²) in [5.41, 5.74) is 1.26. The summed E-state index contributed by atoms with van der Waals surface area (Å²) in [5, 5.41) is 5.19. The number of fused-ring (bicyclic) bond motifs is 1. The molecule has 7 nitrogen and oxygen atoms in total. The van der Waals surface area contributed by atoms with Gasteiger partial charge in [-0.25, -0.2) is 0 Å². The van der Waals surface area contributed by atoms with Crippen LogP contribution in [0.1, 0.15) is 48.6 Å². The van der Waals surface area contributed by atoms with Crippen molar-refractivity contribution in [1.82, 2.24) is 5.32 Å². The van der Waals surface area contributed by atoms with Gasteiger partial charge in [-0.15, -0.1) is 11.3 Å². The van der Waals surface area contributed by atoms with Crippen molar-refractivity contribution in [3.8, 4) is 17.2 Å². The molecule has 0 radical (unpaired) electrons. The highest BCUT2D eigenvalue weighted by molar-refractivity contribution is 7.10. The number of anilines is 1. The fraction of sp³-hybridized carbons (Fsp3) is 0.357. The normalized spacial score (nSPS) is 15.8. The van der Waals surface area contributed by atoms with E-state index in [2.05, 4.69) is 5.32 Å². The number of nitrogens with one attached hydrogen (secondary N) is 1. The summed E-state index contributed by atoms with van der Waals surface area (Å²) in [6, 6.07) is 15.8. The Hall–Kier alpha value is -3.52. The lowest BCUT2D eigenvalue weighted by molar-refractivity contribution is -0.127. The topological polar surface area (TPSA) is 77.1 Å². The molecule has 5 rings (SSSR count). The Balaban J connectivity index is 1.57. The number of hydrogen-bond acceptors (Lipinski definition) is 6. The van der Waals surface area contributed by atoms with E-state index in [9.17, 15) is 9.59 Å². The van der Waals surface area contributed by atoms with Crippen LogP contribution in [0.4, 0.5) is 5.69 Å². The SMILES string of the molecule is COc1cccc(C(C(=O)NC2CCCCC2)N(C(=O)Cc2cccs2)c2ccc3c(c2)OCO3)c1. The monoisotopic (exact) mass is 506 g/mol. The maximum Gasteiger partial charge on any atom is 0.248 e. The Kier molecular flexibility index (Phi) is 7.41. The molecule has 2 aromatic carbocycles. The lowest BCUT2D eigenvalue weighted by atomic mass is 9.94.